The van der Waals surface area contributed by atoms with Gasteiger partial charge in [-0.2, -0.15) is 0 Å². The molecule has 0 unspecified atom stereocenters. The highest BCUT2D eigenvalue weighted by Gasteiger charge is 2.05. The van der Waals surface area contributed by atoms with E-state index in [0.29, 0.717) is 5.19 Å². The first-order valence-electron chi connectivity index (χ1n) is 5.82. The van der Waals surface area contributed by atoms with Crippen molar-refractivity contribution in [2.45, 2.75) is 13.8 Å². The maximum atomic E-state index is 5.83. The SMILES string of the molecule is Cc1cc(C)cc(Oc2nc3ccccc3s2)c1. The molecule has 0 radical (unpaired) electrons. The Balaban J connectivity index is 1.96. The Hall–Kier alpha value is -1.87. The van der Waals surface area contributed by atoms with Crippen molar-refractivity contribution in [1.29, 1.82) is 0 Å². The first-order chi connectivity index (χ1) is 8.70. The third-order valence-corrected chi connectivity index (χ3v) is 3.59. The van der Waals surface area contributed by atoms with E-state index in [1.54, 1.807) is 11.3 Å². The molecule has 0 atom stereocenters. The molecular formula is C15H13NOS. The van der Waals surface area contributed by atoms with Crippen LogP contribution in [-0.2, 0) is 0 Å². The lowest BCUT2D eigenvalue weighted by molar-refractivity contribution is 0.479. The summed E-state index contributed by atoms with van der Waals surface area (Å²) in [5, 5.41) is 0.696. The molecule has 0 N–H and O–H groups in total. The molecule has 3 aromatic rings. The summed E-state index contributed by atoms with van der Waals surface area (Å²) in [6.45, 7) is 4.14. The molecule has 0 fully saturated rings. The van der Waals surface area contributed by atoms with Crippen LogP contribution in [0.15, 0.2) is 42.5 Å². The van der Waals surface area contributed by atoms with E-state index in [1.165, 1.54) is 11.1 Å². The minimum atomic E-state index is 0.696. The van der Waals surface area contributed by atoms with Gasteiger partial charge in [0.15, 0.2) is 0 Å². The molecule has 0 aliphatic carbocycles. The van der Waals surface area contributed by atoms with Gasteiger partial charge in [-0.3, -0.25) is 0 Å². The second-order valence-electron chi connectivity index (χ2n) is 4.37. The zero-order valence-electron chi connectivity index (χ0n) is 10.3. The Morgan fingerprint density at radius 3 is 2.44 bits per heavy atom. The van der Waals surface area contributed by atoms with Crippen molar-refractivity contribution in [1.82, 2.24) is 4.98 Å². The predicted octanol–water partition coefficient (Wildman–Crippen LogP) is 4.71. The fourth-order valence-electron chi connectivity index (χ4n) is 1.99. The molecule has 90 valence electrons. The topological polar surface area (TPSA) is 22.1 Å². The summed E-state index contributed by atoms with van der Waals surface area (Å²) in [7, 11) is 0. The van der Waals surface area contributed by atoms with Gasteiger partial charge in [0, 0.05) is 0 Å². The van der Waals surface area contributed by atoms with Crippen LogP contribution >= 0.6 is 11.3 Å². The van der Waals surface area contributed by atoms with Gasteiger partial charge in [0.25, 0.3) is 5.19 Å². The maximum absolute atomic E-state index is 5.83. The normalized spacial score (nSPS) is 10.8. The number of nitrogens with zero attached hydrogens (tertiary/aromatic N) is 1. The largest absolute Gasteiger partial charge is 0.431 e. The van der Waals surface area contributed by atoms with Crippen LogP contribution in [0, 0.1) is 13.8 Å². The molecule has 1 heterocycles. The molecule has 2 aromatic carbocycles. The molecule has 0 aliphatic heterocycles. The van der Waals surface area contributed by atoms with Crippen LogP contribution in [0.25, 0.3) is 10.2 Å². The number of aromatic nitrogens is 1. The smallest absolute Gasteiger partial charge is 0.279 e. The van der Waals surface area contributed by atoms with E-state index in [-0.39, 0.29) is 0 Å². The van der Waals surface area contributed by atoms with Crippen molar-refractivity contribution in [3.63, 3.8) is 0 Å². The Labute approximate surface area is 110 Å². The van der Waals surface area contributed by atoms with Gasteiger partial charge in [0.1, 0.15) is 5.75 Å². The van der Waals surface area contributed by atoms with Gasteiger partial charge in [0.05, 0.1) is 10.2 Å². The first kappa shape index (κ1) is 11.2. The predicted molar refractivity (Wildman–Crippen MR) is 75.6 cm³/mol. The highest BCUT2D eigenvalue weighted by molar-refractivity contribution is 7.20. The summed E-state index contributed by atoms with van der Waals surface area (Å²) in [6, 6.07) is 14.2. The van der Waals surface area contributed by atoms with Crippen molar-refractivity contribution in [2.75, 3.05) is 0 Å². The molecule has 18 heavy (non-hydrogen) atoms. The maximum Gasteiger partial charge on any atom is 0.279 e. The summed E-state index contributed by atoms with van der Waals surface area (Å²) < 4.78 is 6.98. The van der Waals surface area contributed by atoms with E-state index in [0.717, 1.165) is 16.0 Å². The summed E-state index contributed by atoms with van der Waals surface area (Å²) in [4.78, 5) is 4.46. The number of para-hydroxylation sites is 1. The minimum Gasteiger partial charge on any atom is -0.431 e. The van der Waals surface area contributed by atoms with E-state index < -0.39 is 0 Å². The molecule has 0 spiro atoms. The zero-order valence-corrected chi connectivity index (χ0v) is 11.1. The van der Waals surface area contributed by atoms with Gasteiger partial charge in [-0.25, -0.2) is 4.98 Å². The lowest BCUT2D eigenvalue weighted by atomic mass is 10.1. The van der Waals surface area contributed by atoms with Gasteiger partial charge in [0.2, 0.25) is 0 Å². The highest BCUT2D eigenvalue weighted by atomic mass is 32.1. The molecule has 0 aliphatic rings. The van der Waals surface area contributed by atoms with Crippen LogP contribution in [0.2, 0.25) is 0 Å². The standard InChI is InChI=1S/C15H13NOS/c1-10-7-11(2)9-12(8-10)17-15-16-13-5-3-4-6-14(13)18-15/h3-9H,1-2H3. The van der Waals surface area contributed by atoms with Crippen LogP contribution in [0.3, 0.4) is 0 Å². The van der Waals surface area contributed by atoms with E-state index >= 15 is 0 Å². The summed E-state index contributed by atoms with van der Waals surface area (Å²) in [5.41, 5.74) is 3.39. The quantitative estimate of drug-likeness (QED) is 0.662. The van der Waals surface area contributed by atoms with Crippen molar-refractivity contribution >= 4 is 21.6 Å². The van der Waals surface area contributed by atoms with Gasteiger partial charge in [-0.15, -0.1) is 0 Å². The number of rotatable bonds is 2. The third-order valence-electron chi connectivity index (χ3n) is 2.67. The first-order valence-corrected chi connectivity index (χ1v) is 6.64. The lowest BCUT2D eigenvalue weighted by Crippen LogP contribution is -1.85. The van der Waals surface area contributed by atoms with Crippen molar-refractivity contribution in [3.05, 3.63) is 53.6 Å². The number of hydrogen-bond donors (Lipinski definition) is 0. The van der Waals surface area contributed by atoms with Crippen LogP contribution in [0.4, 0.5) is 0 Å². The number of aryl methyl sites for hydroxylation is 2. The van der Waals surface area contributed by atoms with E-state index in [2.05, 4.69) is 31.0 Å². The number of ether oxygens (including phenoxy) is 1. The van der Waals surface area contributed by atoms with Gasteiger partial charge < -0.3 is 4.74 Å². The van der Waals surface area contributed by atoms with E-state index in [9.17, 15) is 0 Å². The minimum absolute atomic E-state index is 0.696. The van der Waals surface area contributed by atoms with Crippen molar-refractivity contribution in [3.8, 4) is 10.9 Å². The van der Waals surface area contributed by atoms with Crippen molar-refractivity contribution < 1.29 is 4.74 Å². The summed E-state index contributed by atoms with van der Waals surface area (Å²) in [5.74, 6) is 0.853. The van der Waals surface area contributed by atoms with Gasteiger partial charge >= 0.3 is 0 Å². The van der Waals surface area contributed by atoms with Gasteiger partial charge in [-0.05, 0) is 49.2 Å². The van der Waals surface area contributed by atoms with Crippen LogP contribution < -0.4 is 4.74 Å². The molecule has 3 heteroatoms. The fourth-order valence-corrected chi connectivity index (χ4v) is 2.82. The number of fused-ring (bicyclic) bond motifs is 1. The van der Waals surface area contributed by atoms with Crippen LogP contribution in [0.5, 0.6) is 10.9 Å². The molecule has 0 bridgehead atoms. The fraction of sp³-hybridized carbons (Fsp3) is 0.133. The molecule has 0 saturated heterocycles. The highest BCUT2D eigenvalue weighted by Crippen LogP contribution is 2.31. The van der Waals surface area contributed by atoms with E-state index in [4.69, 9.17) is 4.74 Å². The van der Waals surface area contributed by atoms with Gasteiger partial charge in [-0.1, -0.05) is 29.5 Å². The molecular weight excluding hydrogens is 242 g/mol. The average molecular weight is 255 g/mol. The summed E-state index contributed by atoms with van der Waals surface area (Å²) in [6.07, 6.45) is 0. The number of benzene rings is 2. The number of thiazole rings is 1. The average Bonchev–Trinajstić information content (AvgIpc) is 2.69. The Kier molecular flexibility index (Phi) is 2.76. The molecule has 3 rings (SSSR count). The van der Waals surface area contributed by atoms with Crippen molar-refractivity contribution in [2.24, 2.45) is 0 Å². The Morgan fingerprint density at radius 2 is 1.72 bits per heavy atom. The second kappa shape index (κ2) is 4.42. The molecule has 1 aromatic heterocycles. The molecule has 0 amide bonds. The van der Waals surface area contributed by atoms with E-state index in [1.807, 2.05) is 30.3 Å². The number of hydrogen-bond acceptors (Lipinski definition) is 3. The molecule has 0 saturated carbocycles. The second-order valence-corrected chi connectivity index (χ2v) is 5.37. The monoisotopic (exact) mass is 255 g/mol. The zero-order chi connectivity index (χ0) is 12.5. The van der Waals surface area contributed by atoms with Crippen LogP contribution in [-0.4, -0.2) is 4.98 Å². The molecule has 2 nitrogen and oxygen atoms in total. The Bertz CT molecular complexity index is 649. The van der Waals surface area contributed by atoms with Crippen LogP contribution in [0.1, 0.15) is 11.1 Å². The third kappa shape index (κ3) is 2.22. The summed E-state index contributed by atoms with van der Waals surface area (Å²) >= 11 is 1.57. The Morgan fingerprint density at radius 1 is 1.00 bits per heavy atom. The lowest BCUT2D eigenvalue weighted by Gasteiger charge is -2.04.